The fraction of sp³-hybridized carbons (Fsp3) is 0.536. The van der Waals surface area contributed by atoms with Crippen LogP contribution in [0.4, 0.5) is 17.6 Å². The van der Waals surface area contributed by atoms with Crippen molar-refractivity contribution in [1.82, 2.24) is 0 Å². The molecule has 1 fully saturated rings. The van der Waals surface area contributed by atoms with Crippen LogP contribution in [0.25, 0.3) is 0 Å². The van der Waals surface area contributed by atoms with E-state index in [4.69, 9.17) is 9.47 Å². The van der Waals surface area contributed by atoms with Crippen molar-refractivity contribution in [3.8, 4) is 11.5 Å². The summed E-state index contributed by atoms with van der Waals surface area (Å²) in [5, 5.41) is 0. The zero-order valence-electron chi connectivity index (χ0n) is 20.3. The standard InChI is InChI=1S/C28H34F4O3/c1-2-3-4-5-6-10-15-28(16-11-7-12-17-28)27(32)35-24-14-9-8-13-21(24)26(33)34-20-18-22(29)25(31)23(30)19-20/h8-9,13-14,18-19,27H,2-7,10-12,15-17H2,1H3. The molecule has 1 aliphatic rings. The van der Waals surface area contributed by atoms with Gasteiger partial charge in [-0.05, 0) is 31.4 Å². The highest BCUT2D eigenvalue weighted by Crippen LogP contribution is 2.46. The Labute approximate surface area is 204 Å². The van der Waals surface area contributed by atoms with Crippen LogP contribution in [-0.2, 0) is 0 Å². The molecular weight excluding hydrogens is 460 g/mol. The van der Waals surface area contributed by atoms with Gasteiger partial charge in [-0.3, -0.25) is 0 Å². The lowest BCUT2D eigenvalue weighted by Crippen LogP contribution is -2.38. The third-order valence-electron chi connectivity index (χ3n) is 6.86. The van der Waals surface area contributed by atoms with Gasteiger partial charge < -0.3 is 9.47 Å². The maximum atomic E-state index is 15.8. The van der Waals surface area contributed by atoms with Gasteiger partial charge in [-0.25, -0.2) is 22.4 Å². The Morgan fingerprint density at radius 1 is 0.943 bits per heavy atom. The number of carbonyl (C=O) groups is 1. The van der Waals surface area contributed by atoms with Gasteiger partial charge >= 0.3 is 5.97 Å². The third-order valence-corrected chi connectivity index (χ3v) is 6.86. The molecule has 0 spiro atoms. The van der Waals surface area contributed by atoms with Crippen LogP contribution in [0, 0.1) is 22.9 Å². The molecule has 0 aliphatic heterocycles. The van der Waals surface area contributed by atoms with Crippen LogP contribution in [0.15, 0.2) is 36.4 Å². The first kappa shape index (κ1) is 27.0. The second kappa shape index (κ2) is 12.9. The zero-order valence-corrected chi connectivity index (χ0v) is 20.3. The van der Waals surface area contributed by atoms with Gasteiger partial charge in [0, 0.05) is 17.5 Å². The molecule has 0 bridgehead atoms. The van der Waals surface area contributed by atoms with Crippen molar-refractivity contribution in [1.29, 1.82) is 0 Å². The summed E-state index contributed by atoms with van der Waals surface area (Å²) in [7, 11) is 0. The predicted molar refractivity (Wildman–Crippen MR) is 127 cm³/mol. The minimum Gasteiger partial charge on any atom is -0.459 e. The van der Waals surface area contributed by atoms with Crippen molar-refractivity contribution in [2.24, 2.45) is 5.41 Å². The Morgan fingerprint density at radius 2 is 1.57 bits per heavy atom. The van der Waals surface area contributed by atoms with Crippen LogP contribution in [0.1, 0.15) is 94.3 Å². The molecule has 1 atom stereocenters. The summed E-state index contributed by atoms with van der Waals surface area (Å²) in [5.74, 6) is -6.08. The van der Waals surface area contributed by atoms with Gasteiger partial charge in [0.15, 0.2) is 17.5 Å². The SMILES string of the molecule is CCCCCCCCC1(C(F)Oc2ccccc2C(=O)Oc2cc(F)c(F)c(F)c2)CCCCC1. The number of benzene rings is 2. The van der Waals surface area contributed by atoms with Crippen molar-refractivity contribution >= 4 is 5.97 Å². The van der Waals surface area contributed by atoms with E-state index < -0.39 is 40.9 Å². The summed E-state index contributed by atoms with van der Waals surface area (Å²) in [5.41, 5.74) is -0.686. The maximum Gasteiger partial charge on any atom is 0.347 e. The van der Waals surface area contributed by atoms with E-state index in [1.54, 1.807) is 12.1 Å². The summed E-state index contributed by atoms with van der Waals surface area (Å²) in [6.07, 6.45) is 10.2. The average Bonchev–Trinajstić information content (AvgIpc) is 2.85. The predicted octanol–water partition coefficient (Wildman–Crippen LogP) is 8.70. The molecule has 1 unspecified atom stereocenters. The summed E-state index contributed by atoms with van der Waals surface area (Å²) in [4.78, 5) is 12.7. The number of rotatable bonds is 12. The average molecular weight is 495 g/mol. The number of carbonyl (C=O) groups excluding carboxylic acids is 1. The lowest BCUT2D eigenvalue weighted by atomic mass is 9.70. The topological polar surface area (TPSA) is 35.5 Å². The molecule has 1 aliphatic carbocycles. The van der Waals surface area contributed by atoms with E-state index in [2.05, 4.69) is 6.92 Å². The minimum absolute atomic E-state index is 0.000879. The largest absolute Gasteiger partial charge is 0.459 e. The van der Waals surface area contributed by atoms with Crippen molar-refractivity contribution in [2.75, 3.05) is 0 Å². The Bertz CT molecular complexity index is 949. The Balaban J connectivity index is 1.71. The molecule has 2 aromatic rings. The molecule has 3 rings (SSSR count). The highest BCUT2D eigenvalue weighted by atomic mass is 19.2. The first-order chi connectivity index (χ1) is 16.9. The van der Waals surface area contributed by atoms with Crippen LogP contribution in [-0.4, -0.2) is 12.3 Å². The monoisotopic (exact) mass is 494 g/mol. The fourth-order valence-electron chi connectivity index (χ4n) is 4.83. The number of hydrogen-bond acceptors (Lipinski definition) is 3. The van der Waals surface area contributed by atoms with E-state index in [0.717, 1.165) is 57.8 Å². The van der Waals surface area contributed by atoms with Crippen LogP contribution in [0.5, 0.6) is 11.5 Å². The summed E-state index contributed by atoms with van der Waals surface area (Å²) in [6.45, 7) is 2.17. The van der Waals surface area contributed by atoms with Gasteiger partial charge in [0.05, 0.1) is 0 Å². The van der Waals surface area contributed by atoms with Crippen LogP contribution < -0.4 is 9.47 Å². The molecule has 1 saturated carbocycles. The molecular formula is C28H34F4O3. The lowest BCUT2D eigenvalue weighted by molar-refractivity contribution is -0.0796. The number of ether oxygens (including phenoxy) is 2. The Hall–Kier alpha value is -2.57. The third kappa shape index (κ3) is 7.21. The first-order valence-electron chi connectivity index (χ1n) is 12.6. The van der Waals surface area contributed by atoms with Crippen molar-refractivity contribution in [3.05, 3.63) is 59.4 Å². The molecule has 0 N–H and O–H groups in total. The summed E-state index contributed by atoms with van der Waals surface area (Å²) in [6, 6.07) is 7.18. The van der Waals surface area contributed by atoms with Crippen molar-refractivity contribution in [2.45, 2.75) is 90.3 Å². The molecule has 35 heavy (non-hydrogen) atoms. The van der Waals surface area contributed by atoms with Gasteiger partial charge in [-0.2, -0.15) is 0 Å². The summed E-state index contributed by atoms with van der Waals surface area (Å²) >= 11 is 0. The summed E-state index contributed by atoms with van der Waals surface area (Å²) < 4.78 is 66.7. The second-order valence-electron chi connectivity index (χ2n) is 9.46. The molecule has 0 radical (unpaired) electrons. The van der Waals surface area contributed by atoms with Crippen LogP contribution >= 0.6 is 0 Å². The van der Waals surface area contributed by atoms with Crippen molar-refractivity contribution in [3.63, 3.8) is 0 Å². The van der Waals surface area contributed by atoms with E-state index in [1.807, 2.05) is 0 Å². The first-order valence-corrected chi connectivity index (χ1v) is 12.6. The highest BCUT2D eigenvalue weighted by molar-refractivity contribution is 5.94. The van der Waals surface area contributed by atoms with E-state index >= 15 is 4.39 Å². The van der Waals surface area contributed by atoms with Gasteiger partial charge in [-0.1, -0.05) is 76.8 Å². The number of unbranched alkanes of at least 4 members (excludes halogenated alkanes) is 5. The molecule has 0 amide bonds. The van der Waals surface area contributed by atoms with E-state index in [0.29, 0.717) is 12.1 Å². The quantitative estimate of drug-likeness (QED) is 0.0973. The molecule has 7 heteroatoms. The number of para-hydroxylation sites is 1. The van der Waals surface area contributed by atoms with Crippen LogP contribution in [0.3, 0.4) is 0 Å². The highest BCUT2D eigenvalue weighted by Gasteiger charge is 2.42. The molecule has 0 heterocycles. The van der Waals surface area contributed by atoms with Gasteiger partial charge in [0.2, 0.25) is 6.36 Å². The van der Waals surface area contributed by atoms with Gasteiger partial charge in [-0.15, -0.1) is 0 Å². The van der Waals surface area contributed by atoms with E-state index in [-0.39, 0.29) is 11.3 Å². The van der Waals surface area contributed by atoms with Crippen LogP contribution in [0.2, 0.25) is 0 Å². The van der Waals surface area contributed by atoms with Gasteiger partial charge in [0.1, 0.15) is 17.1 Å². The number of esters is 1. The zero-order chi connectivity index (χ0) is 25.3. The lowest BCUT2D eigenvalue weighted by Gasteiger charge is -2.39. The molecule has 3 nitrogen and oxygen atoms in total. The maximum absolute atomic E-state index is 15.8. The molecule has 0 aromatic heterocycles. The Kier molecular flexibility index (Phi) is 9.99. The molecule has 2 aromatic carbocycles. The molecule has 192 valence electrons. The minimum atomic E-state index is -1.66. The fourth-order valence-corrected chi connectivity index (χ4v) is 4.83. The Morgan fingerprint density at radius 3 is 2.26 bits per heavy atom. The van der Waals surface area contributed by atoms with Gasteiger partial charge in [0.25, 0.3) is 0 Å². The number of alkyl halides is 1. The smallest absolute Gasteiger partial charge is 0.347 e. The van der Waals surface area contributed by atoms with E-state index in [1.165, 1.54) is 31.4 Å². The van der Waals surface area contributed by atoms with Crippen molar-refractivity contribution < 1.29 is 31.8 Å². The second-order valence-corrected chi connectivity index (χ2v) is 9.46. The number of hydrogen-bond donors (Lipinski definition) is 0. The number of halogens is 4. The van der Waals surface area contributed by atoms with E-state index in [9.17, 15) is 18.0 Å². The normalized spacial score (nSPS) is 16.0. The molecule has 0 saturated heterocycles.